The number of nitrogens with zero attached hydrogens (tertiary/aromatic N) is 2. The van der Waals surface area contributed by atoms with E-state index in [2.05, 4.69) is 10.3 Å². The molecule has 0 radical (unpaired) electrons. The average molecular weight is 598 g/mol. The van der Waals surface area contributed by atoms with E-state index in [0.29, 0.717) is 16.8 Å². The molecule has 42 heavy (non-hydrogen) atoms. The number of alkyl halides is 3. The second-order valence-electron chi connectivity index (χ2n) is 10.5. The van der Waals surface area contributed by atoms with Crippen molar-refractivity contribution in [3.8, 4) is 11.1 Å². The Hall–Kier alpha value is -4.44. The fourth-order valence-corrected chi connectivity index (χ4v) is 4.40. The first-order chi connectivity index (χ1) is 19.7. The smallest absolute Gasteiger partial charge is 0.417 e. The molecule has 2 aromatic carbocycles. The van der Waals surface area contributed by atoms with Crippen molar-refractivity contribution in [3.63, 3.8) is 0 Å². The fraction of sp³-hybridized carbons (Fsp3) is 0.226. The van der Waals surface area contributed by atoms with E-state index in [4.69, 9.17) is 16.3 Å². The van der Waals surface area contributed by atoms with Crippen molar-refractivity contribution in [3.05, 3.63) is 117 Å². The molecule has 0 saturated carbocycles. The summed E-state index contributed by atoms with van der Waals surface area (Å²) in [6, 6.07) is 13.9. The van der Waals surface area contributed by atoms with E-state index in [-0.39, 0.29) is 22.6 Å². The molecule has 1 unspecified atom stereocenters. The molecule has 4 aromatic rings. The maximum atomic E-state index is 13.7. The van der Waals surface area contributed by atoms with Crippen LogP contribution in [0.1, 0.15) is 48.3 Å². The van der Waals surface area contributed by atoms with Gasteiger partial charge in [0.15, 0.2) is 0 Å². The van der Waals surface area contributed by atoms with Crippen LogP contribution in [0.2, 0.25) is 5.02 Å². The molecule has 2 heterocycles. The molecule has 11 heteroatoms. The molecule has 1 atom stereocenters. The fourth-order valence-electron chi connectivity index (χ4n) is 4.23. The molecular weight excluding hydrogens is 571 g/mol. The Kier molecular flexibility index (Phi) is 8.86. The summed E-state index contributed by atoms with van der Waals surface area (Å²) in [6.07, 6.45) is -0.201. The van der Waals surface area contributed by atoms with Gasteiger partial charge in [-0.1, -0.05) is 17.7 Å². The van der Waals surface area contributed by atoms with E-state index in [1.807, 2.05) is 0 Å². The topological polar surface area (TPSA) is 90.3 Å². The first kappa shape index (κ1) is 30.5. The number of nitrogens with one attached hydrogen (secondary N) is 1. The van der Waals surface area contributed by atoms with E-state index in [1.54, 1.807) is 45.3 Å². The van der Waals surface area contributed by atoms with Crippen molar-refractivity contribution < 1.29 is 27.5 Å². The molecule has 0 aliphatic carbocycles. The summed E-state index contributed by atoms with van der Waals surface area (Å²) < 4.78 is 47.5. The van der Waals surface area contributed by atoms with Gasteiger partial charge in [0.25, 0.3) is 5.56 Å². The van der Waals surface area contributed by atoms with E-state index < -0.39 is 40.8 Å². The number of rotatable bonds is 7. The lowest BCUT2D eigenvalue weighted by atomic mass is 9.99. The number of halogens is 4. The van der Waals surface area contributed by atoms with Gasteiger partial charge in [-0.05, 0) is 92.1 Å². The van der Waals surface area contributed by atoms with Crippen molar-refractivity contribution in [2.45, 2.75) is 45.0 Å². The Morgan fingerprint density at radius 2 is 1.74 bits per heavy atom. The molecule has 7 nitrogen and oxygen atoms in total. The van der Waals surface area contributed by atoms with Crippen molar-refractivity contribution in [2.24, 2.45) is 0 Å². The predicted octanol–water partition coefficient (Wildman–Crippen LogP) is 6.96. The third-order valence-corrected chi connectivity index (χ3v) is 6.36. The second-order valence-corrected chi connectivity index (χ2v) is 10.9. The van der Waals surface area contributed by atoms with Gasteiger partial charge >= 0.3 is 12.1 Å². The van der Waals surface area contributed by atoms with Crippen molar-refractivity contribution in [1.82, 2.24) is 9.55 Å². The molecule has 4 rings (SSSR count). The number of amides is 1. The standard InChI is InChI=1S/C31H27ClF3N3O4/c1-30(2,3)42-29(41)20-6-9-23(10-7-20)37-28(40)26(15-19-5-4-13-36-18-19)38-14-12-21(16-27(38)39)24-17-22(32)8-11-25(24)31(33,34)35/h4-14,16-18,26H,15H2,1-3H3,(H,37,40). The lowest BCUT2D eigenvalue weighted by molar-refractivity contribution is -0.137. The minimum Gasteiger partial charge on any atom is -0.456 e. The zero-order chi connectivity index (χ0) is 30.7. The number of anilines is 1. The molecule has 1 amide bonds. The molecule has 0 aliphatic rings. The molecule has 1 N–H and O–H groups in total. The number of benzene rings is 2. The Labute approximate surface area is 244 Å². The van der Waals surface area contributed by atoms with Gasteiger partial charge in [0.2, 0.25) is 5.91 Å². The molecular formula is C31H27ClF3N3O4. The highest BCUT2D eigenvalue weighted by Crippen LogP contribution is 2.38. The van der Waals surface area contributed by atoms with Crippen LogP contribution in [0.15, 0.2) is 90.1 Å². The number of carbonyl (C=O) groups is 2. The van der Waals surface area contributed by atoms with Crippen LogP contribution in [-0.2, 0) is 22.1 Å². The summed E-state index contributed by atoms with van der Waals surface area (Å²) in [5.41, 5.74) is -1.24. The number of esters is 1. The van der Waals surface area contributed by atoms with Gasteiger partial charge < -0.3 is 14.6 Å². The summed E-state index contributed by atoms with van der Waals surface area (Å²) >= 11 is 5.97. The second kappa shape index (κ2) is 12.2. The van der Waals surface area contributed by atoms with Gasteiger partial charge in [0.1, 0.15) is 11.6 Å². The SMILES string of the molecule is CC(C)(C)OC(=O)c1ccc(NC(=O)C(Cc2cccnc2)n2ccc(-c3cc(Cl)ccc3C(F)(F)F)cc2=O)cc1. The normalized spacial score (nSPS) is 12.5. The highest BCUT2D eigenvalue weighted by Gasteiger charge is 2.34. The first-order valence-electron chi connectivity index (χ1n) is 12.8. The Bertz CT molecular complexity index is 1650. The Morgan fingerprint density at radius 3 is 2.33 bits per heavy atom. The highest BCUT2D eigenvalue weighted by atomic mass is 35.5. The molecule has 0 aliphatic heterocycles. The van der Waals surface area contributed by atoms with Crippen LogP contribution in [0.25, 0.3) is 11.1 Å². The lowest BCUT2D eigenvalue weighted by Gasteiger charge is -2.21. The summed E-state index contributed by atoms with van der Waals surface area (Å²) in [4.78, 5) is 43.2. The summed E-state index contributed by atoms with van der Waals surface area (Å²) in [5.74, 6) is -1.08. The molecule has 0 saturated heterocycles. The highest BCUT2D eigenvalue weighted by molar-refractivity contribution is 6.30. The van der Waals surface area contributed by atoms with Gasteiger partial charge in [-0.3, -0.25) is 14.6 Å². The van der Waals surface area contributed by atoms with Crippen LogP contribution >= 0.6 is 11.6 Å². The van der Waals surface area contributed by atoms with E-state index in [9.17, 15) is 27.6 Å². The third-order valence-electron chi connectivity index (χ3n) is 6.12. The Morgan fingerprint density at radius 1 is 1.02 bits per heavy atom. The van der Waals surface area contributed by atoms with Crippen LogP contribution < -0.4 is 10.9 Å². The Balaban J connectivity index is 1.66. The van der Waals surface area contributed by atoms with Gasteiger partial charge in [-0.2, -0.15) is 13.2 Å². The zero-order valence-corrected chi connectivity index (χ0v) is 23.7. The minimum absolute atomic E-state index is 0.00402. The monoisotopic (exact) mass is 597 g/mol. The summed E-state index contributed by atoms with van der Waals surface area (Å²) in [5, 5.41) is 2.83. The number of carbonyl (C=O) groups excluding carboxylic acids is 2. The molecule has 0 fully saturated rings. The number of hydrogen-bond donors (Lipinski definition) is 1. The van der Waals surface area contributed by atoms with Crippen LogP contribution in [0.5, 0.6) is 0 Å². The zero-order valence-electron chi connectivity index (χ0n) is 22.9. The number of pyridine rings is 2. The minimum atomic E-state index is -4.67. The summed E-state index contributed by atoms with van der Waals surface area (Å²) in [6.45, 7) is 5.25. The van der Waals surface area contributed by atoms with Gasteiger partial charge in [-0.15, -0.1) is 0 Å². The van der Waals surface area contributed by atoms with E-state index in [0.717, 1.165) is 28.8 Å². The van der Waals surface area contributed by atoms with Gasteiger partial charge in [-0.25, -0.2) is 4.79 Å². The molecule has 2 aromatic heterocycles. The quantitative estimate of drug-likeness (QED) is 0.233. The number of aromatic nitrogens is 2. The van der Waals surface area contributed by atoms with Crippen molar-refractivity contribution >= 4 is 29.2 Å². The summed E-state index contributed by atoms with van der Waals surface area (Å²) in [7, 11) is 0. The lowest BCUT2D eigenvalue weighted by Crippen LogP contribution is -2.34. The van der Waals surface area contributed by atoms with Crippen LogP contribution in [-0.4, -0.2) is 27.0 Å². The van der Waals surface area contributed by atoms with Crippen LogP contribution in [0.3, 0.4) is 0 Å². The number of hydrogen-bond acceptors (Lipinski definition) is 5. The van der Waals surface area contributed by atoms with Crippen molar-refractivity contribution in [2.75, 3.05) is 5.32 Å². The van der Waals surface area contributed by atoms with Crippen LogP contribution in [0, 0.1) is 0 Å². The maximum Gasteiger partial charge on any atom is 0.417 e. The number of ether oxygens (including phenoxy) is 1. The van der Waals surface area contributed by atoms with E-state index >= 15 is 0 Å². The average Bonchev–Trinajstić information content (AvgIpc) is 2.91. The maximum absolute atomic E-state index is 13.7. The molecule has 0 spiro atoms. The molecule has 0 bridgehead atoms. The van der Waals surface area contributed by atoms with Gasteiger partial charge in [0.05, 0.1) is 11.1 Å². The van der Waals surface area contributed by atoms with Gasteiger partial charge in [0, 0.05) is 41.8 Å². The first-order valence-corrected chi connectivity index (χ1v) is 13.2. The predicted molar refractivity (Wildman–Crippen MR) is 153 cm³/mol. The molecule has 218 valence electrons. The van der Waals surface area contributed by atoms with E-state index in [1.165, 1.54) is 36.5 Å². The van der Waals surface area contributed by atoms with Crippen LogP contribution in [0.4, 0.5) is 18.9 Å². The van der Waals surface area contributed by atoms with Crippen molar-refractivity contribution in [1.29, 1.82) is 0 Å². The third kappa shape index (κ3) is 7.64. The largest absolute Gasteiger partial charge is 0.456 e.